The second-order valence-corrected chi connectivity index (χ2v) is 10.1. The first-order chi connectivity index (χ1) is 20.2. The van der Waals surface area contributed by atoms with Gasteiger partial charge in [-0.05, 0) is 59.7 Å². The molecule has 5 aromatic carbocycles. The van der Waals surface area contributed by atoms with E-state index in [1.165, 1.54) is 5.56 Å². The van der Waals surface area contributed by atoms with E-state index < -0.39 is 0 Å². The number of nitrogens with zero attached hydrogens (tertiary/aromatic N) is 3. The lowest BCUT2D eigenvalue weighted by Gasteiger charge is -2.11. The highest BCUT2D eigenvalue weighted by Crippen LogP contribution is 2.37. The third-order valence-corrected chi connectivity index (χ3v) is 7.35. The van der Waals surface area contributed by atoms with E-state index in [1.807, 2.05) is 42.5 Å². The molecule has 1 N–H and O–H groups in total. The van der Waals surface area contributed by atoms with Crippen LogP contribution in [0.3, 0.4) is 0 Å². The van der Waals surface area contributed by atoms with E-state index in [0.717, 1.165) is 51.2 Å². The van der Waals surface area contributed by atoms with Gasteiger partial charge in [0.2, 0.25) is 0 Å². The Bertz CT molecular complexity index is 1980. The lowest BCUT2D eigenvalue weighted by molar-refractivity contribution is 0.477. The molecule has 0 amide bonds. The highest BCUT2D eigenvalue weighted by Gasteiger charge is 2.19. The maximum Gasteiger partial charge on any atom is 0.149 e. The van der Waals surface area contributed by atoms with Crippen molar-refractivity contribution in [3.63, 3.8) is 0 Å². The van der Waals surface area contributed by atoms with Crippen LogP contribution in [0, 0.1) is 0 Å². The molecule has 0 fully saturated rings. The molecule has 2 heterocycles. The maximum absolute atomic E-state index is 10.8. The largest absolute Gasteiger partial charge is 0.507 e. The van der Waals surface area contributed by atoms with Crippen LogP contribution in [0.4, 0.5) is 0 Å². The molecular formula is C37H27N3O. The summed E-state index contributed by atoms with van der Waals surface area (Å²) in [6, 6.07) is 48.9. The third kappa shape index (κ3) is 4.77. The van der Waals surface area contributed by atoms with Crippen molar-refractivity contribution in [3.8, 4) is 45.2 Å². The summed E-state index contributed by atoms with van der Waals surface area (Å²) < 4.78 is 2.12. The standard InChI is InChI=1S/C37H27N3O/c41-35-23-8-7-19-32(35)37-39-36-31(20-11-22-34(36)40(37)30-17-5-2-6-18-30)27-14-9-15-28(25-27)33-21-10-16-29(38-33)24-26-12-3-1-4-13-26/h1-23,25,41H,24H2. The van der Waals surface area contributed by atoms with Crippen molar-refractivity contribution >= 4 is 11.0 Å². The van der Waals surface area contributed by atoms with Gasteiger partial charge in [0.25, 0.3) is 0 Å². The lowest BCUT2D eigenvalue weighted by Crippen LogP contribution is -1.97. The molecule has 0 spiro atoms. The fourth-order valence-electron chi connectivity index (χ4n) is 5.40. The number of fused-ring (bicyclic) bond motifs is 1. The van der Waals surface area contributed by atoms with E-state index in [2.05, 4.69) is 102 Å². The molecule has 2 aromatic heterocycles. The molecule has 4 nitrogen and oxygen atoms in total. The number of aromatic hydroxyl groups is 1. The zero-order valence-electron chi connectivity index (χ0n) is 22.4. The van der Waals surface area contributed by atoms with Crippen molar-refractivity contribution in [2.75, 3.05) is 0 Å². The van der Waals surface area contributed by atoms with Gasteiger partial charge in [-0.2, -0.15) is 0 Å². The first kappa shape index (κ1) is 24.6. The van der Waals surface area contributed by atoms with Gasteiger partial charge in [0, 0.05) is 28.9 Å². The SMILES string of the molecule is Oc1ccccc1-c1nc2c(-c3cccc(-c4cccc(Cc5ccccc5)n4)c3)cccc2n1-c1ccccc1. The molecule has 0 radical (unpaired) electrons. The van der Waals surface area contributed by atoms with Gasteiger partial charge in [0.1, 0.15) is 11.6 Å². The van der Waals surface area contributed by atoms with Crippen LogP contribution in [0.25, 0.3) is 50.5 Å². The lowest BCUT2D eigenvalue weighted by atomic mass is 10.00. The molecule has 4 heteroatoms. The van der Waals surface area contributed by atoms with Crippen molar-refractivity contribution in [1.29, 1.82) is 0 Å². The number of phenolic OH excluding ortho intramolecular Hbond substituents is 1. The highest BCUT2D eigenvalue weighted by atomic mass is 16.3. The Hall–Kier alpha value is -5.48. The number of para-hydroxylation sites is 3. The Balaban J connectivity index is 1.35. The van der Waals surface area contributed by atoms with E-state index in [9.17, 15) is 5.11 Å². The summed E-state index contributed by atoms with van der Waals surface area (Å²) in [6.07, 6.45) is 0.791. The minimum absolute atomic E-state index is 0.199. The van der Waals surface area contributed by atoms with Crippen molar-refractivity contribution in [1.82, 2.24) is 14.5 Å². The Morgan fingerprint density at radius 1 is 0.561 bits per heavy atom. The van der Waals surface area contributed by atoms with Crippen molar-refractivity contribution in [3.05, 3.63) is 157 Å². The van der Waals surface area contributed by atoms with Gasteiger partial charge in [-0.15, -0.1) is 0 Å². The van der Waals surface area contributed by atoms with Gasteiger partial charge < -0.3 is 5.11 Å². The number of aromatic nitrogens is 3. The van der Waals surface area contributed by atoms with Crippen molar-refractivity contribution in [2.24, 2.45) is 0 Å². The number of hydrogen-bond acceptors (Lipinski definition) is 3. The molecule has 0 saturated carbocycles. The van der Waals surface area contributed by atoms with Crippen LogP contribution in [0.5, 0.6) is 5.75 Å². The highest BCUT2D eigenvalue weighted by molar-refractivity contribution is 5.96. The number of hydrogen-bond donors (Lipinski definition) is 1. The fraction of sp³-hybridized carbons (Fsp3) is 0.0270. The molecule has 0 aliphatic carbocycles. The fourth-order valence-corrected chi connectivity index (χ4v) is 5.40. The first-order valence-corrected chi connectivity index (χ1v) is 13.7. The Morgan fingerprint density at radius 2 is 1.24 bits per heavy atom. The monoisotopic (exact) mass is 529 g/mol. The van der Waals surface area contributed by atoms with Gasteiger partial charge in [0.15, 0.2) is 0 Å². The second kappa shape index (κ2) is 10.6. The van der Waals surface area contributed by atoms with Crippen LogP contribution >= 0.6 is 0 Å². The molecule has 0 saturated heterocycles. The zero-order valence-corrected chi connectivity index (χ0v) is 22.4. The predicted molar refractivity (Wildman–Crippen MR) is 166 cm³/mol. The zero-order chi connectivity index (χ0) is 27.6. The van der Waals surface area contributed by atoms with E-state index in [1.54, 1.807) is 6.07 Å². The summed E-state index contributed by atoms with van der Waals surface area (Å²) in [6.45, 7) is 0. The molecule has 0 aliphatic rings. The molecule has 0 bridgehead atoms. The third-order valence-electron chi connectivity index (χ3n) is 7.35. The maximum atomic E-state index is 10.8. The number of phenols is 1. The minimum Gasteiger partial charge on any atom is -0.507 e. The van der Waals surface area contributed by atoms with Crippen LogP contribution < -0.4 is 0 Å². The quantitative estimate of drug-likeness (QED) is 0.234. The number of benzene rings is 5. The summed E-state index contributed by atoms with van der Waals surface area (Å²) in [5.74, 6) is 0.896. The van der Waals surface area contributed by atoms with Gasteiger partial charge >= 0.3 is 0 Å². The minimum atomic E-state index is 0.199. The molecule has 7 aromatic rings. The van der Waals surface area contributed by atoms with Crippen LogP contribution in [0.1, 0.15) is 11.3 Å². The summed E-state index contributed by atoms with van der Waals surface area (Å²) in [5, 5.41) is 10.8. The smallest absolute Gasteiger partial charge is 0.149 e. The topological polar surface area (TPSA) is 50.9 Å². The molecule has 0 aliphatic heterocycles. The van der Waals surface area contributed by atoms with E-state index >= 15 is 0 Å². The number of rotatable bonds is 6. The molecule has 7 rings (SSSR count). The number of pyridine rings is 1. The predicted octanol–water partition coefficient (Wildman–Crippen LogP) is 8.72. The first-order valence-electron chi connectivity index (χ1n) is 13.7. The molecule has 41 heavy (non-hydrogen) atoms. The van der Waals surface area contributed by atoms with Crippen LogP contribution in [0.2, 0.25) is 0 Å². The van der Waals surface area contributed by atoms with Crippen molar-refractivity contribution < 1.29 is 5.11 Å². The number of imidazole rings is 1. The van der Waals surface area contributed by atoms with Crippen LogP contribution in [0.15, 0.2) is 146 Å². The summed E-state index contributed by atoms with van der Waals surface area (Å²) in [4.78, 5) is 10.1. The van der Waals surface area contributed by atoms with Crippen LogP contribution in [-0.2, 0) is 6.42 Å². The van der Waals surface area contributed by atoms with Gasteiger partial charge in [-0.25, -0.2) is 4.98 Å². The molecule has 0 atom stereocenters. The molecule has 0 unspecified atom stereocenters. The Morgan fingerprint density at radius 3 is 2.07 bits per heavy atom. The Labute approximate surface area is 238 Å². The Kier molecular flexibility index (Phi) is 6.34. The molecule has 196 valence electrons. The van der Waals surface area contributed by atoms with Crippen molar-refractivity contribution in [2.45, 2.75) is 6.42 Å². The van der Waals surface area contributed by atoms with Gasteiger partial charge in [-0.1, -0.05) is 97.1 Å². The van der Waals surface area contributed by atoms with Gasteiger partial charge in [0.05, 0.1) is 22.3 Å². The van der Waals surface area contributed by atoms with Gasteiger partial charge in [-0.3, -0.25) is 9.55 Å². The van der Waals surface area contributed by atoms with E-state index in [0.29, 0.717) is 11.4 Å². The normalized spacial score (nSPS) is 11.1. The average molecular weight is 530 g/mol. The van der Waals surface area contributed by atoms with Crippen LogP contribution in [-0.4, -0.2) is 19.6 Å². The van der Waals surface area contributed by atoms with E-state index in [-0.39, 0.29) is 5.75 Å². The average Bonchev–Trinajstić information content (AvgIpc) is 3.42. The summed E-state index contributed by atoms with van der Waals surface area (Å²) in [7, 11) is 0. The summed E-state index contributed by atoms with van der Waals surface area (Å²) in [5.41, 5.74) is 9.88. The molecular weight excluding hydrogens is 502 g/mol. The summed E-state index contributed by atoms with van der Waals surface area (Å²) >= 11 is 0. The van der Waals surface area contributed by atoms with E-state index in [4.69, 9.17) is 9.97 Å². The second-order valence-electron chi connectivity index (χ2n) is 10.1.